The molecule has 0 amide bonds. The van der Waals surface area contributed by atoms with Gasteiger partial charge in [-0.1, -0.05) is 18.2 Å². The number of fused-ring (bicyclic) bond motifs is 1. The van der Waals surface area contributed by atoms with Crippen molar-refractivity contribution in [2.45, 2.75) is 19.1 Å². The molecule has 27 heavy (non-hydrogen) atoms. The molecule has 0 saturated heterocycles. The third kappa shape index (κ3) is 3.43. The van der Waals surface area contributed by atoms with Gasteiger partial charge in [-0.05, 0) is 49.6 Å². The highest BCUT2D eigenvalue weighted by atomic mass is 32.2. The Balaban J connectivity index is 1.67. The topological polar surface area (TPSA) is 89.2 Å². The fourth-order valence-corrected chi connectivity index (χ4v) is 3.89. The summed E-state index contributed by atoms with van der Waals surface area (Å²) in [5.74, 6) is 0.697. The summed E-state index contributed by atoms with van der Waals surface area (Å²) in [7, 11) is -3.37. The Morgan fingerprint density at radius 3 is 2.48 bits per heavy atom. The van der Waals surface area contributed by atoms with Crippen LogP contribution >= 0.6 is 11.3 Å². The second-order valence-electron chi connectivity index (χ2n) is 6.26. The van der Waals surface area contributed by atoms with Crippen LogP contribution in [0.1, 0.15) is 13.8 Å². The lowest BCUT2D eigenvalue weighted by atomic mass is 10.1. The summed E-state index contributed by atoms with van der Waals surface area (Å²) in [6.07, 6.45) is 0. The van der Waals surface area contributed by atoms with E-state index >= 15 is 0 Å². The molecule has 0 aliphatic rings. The van der Waals surface area contributed by atoms with E-state index in [4.69, 9.17) is 0 Å². The van der Waals surface area contributed by atoms with Crippen molar-refractivity contribution in [1.82, 2.24) is 19.8 Å². The van der Waals surface area contributed by atoms with Gasteiger partial charge in [0.25, 0.3) is 0 Å². The fraction of sp³-hybridized carbons (Fsp3) is 0.167. The number of benzene rings is 1. The van der Waals surface area contributed by atoms with Crippen LogP contribution in [0, 0.1) is 0 Å². The van der Waals surface area contributed by atoms with Gasteiger partial charge in [0.1, 0.15) is 0 Å². The van der Waals surface area contributed by atoms with Crippen LogP contribution in [-0.4, -0.2) is 33.5 Å². The zero-order valence-electron chi connectivity index (χ0n) is 14.7. The zero-order chi connectivity index (χ0) is 19.0. The van der Waals surface area contributed by atoms with E-state index in [2.05, 4.69) is 20.0 Å². The van der Waals surface area contributed by atoms with E-state index < -0.39 is 15.3 Å². The van der Waals surface area contributed by atoms with Crippen LogP contribution in [0.2, 0.25) is 0 Å². The van der Waals surface area contributed by atoms with Crippen molar-refractivity contribution < 1.29 is 8.42 Å². The van der Waals surface area contributed by atoms with Gasteiger partial charge in [-0.15, -0.1) is 21.5 Å². The zero-order valence-corrected chi connectivity index (χ0v) is 16.3. The van der Waals surface area contributed by atoms with E-state index in [1.807, 2.05) is 41.8 Å². The lowest BCUT2D eigenvalue weighted by Crippen LogP contribution is -2.22. The lowest BCUT2D eigenvalue weighted by Gasteiger charge is -2.11. The van der Waals surface area contributed by atoms with E-state index in [0.717, 1.165) is 16.1 Å². The first-order chi connectivity index (χ1) is 12.9. The molecule has 4 aromatic rings. The van der Waals surface area contributed by atoms with Crippen molar-refractivity contribution in [1.29, 1.82) is 0 Å². The maximum atomic E-state index is 12.0. The summed E-state index contributed by atoms with van der Waals surface area (Å²) in [6, 6.07) is 14.8. The number of anilines is 1. The van der Waals surface area contributed by atoms with Crippen LogP contribution in [0.5, 0.6) is 0 Å². The first-order valence-electron chi connectivity index (χ1n) is 8.32. The minimum absolute atomic E-state index is 0.495. The first-order valence-corrected chi connectivity index (χ1v) is 10.7. The second-order valence-corrected chi connectivity index (χ2v) is 9.45. The SMILES string of the molecule is CC(C)S(=O)(=O)Nc1ccc(-c2ccc3nnc(-c4cccs4)n3n2)cc1. The number of hydrogen-bond acceptors (Lipinski definition) is 6. The fourth-order valence-electron chi connectivity index (χ4n) is 2.49. The Kier molecular flexibility index (Phi) is 4.40. The maximum absolute atomic E-state index is 12.0. The molecule has 0 spiro atoms. The Morgan fingerprint density at radius 2 is 1.81 bits per heavy atom. The highest BCUT2D eigenvalue weighted by Gasteiger charge is 2.16. The van der Waals surface area contributed by atoms with Gasteiger partial charge in [0.2, 0.25) is 10.0 Å². The molecule has 0 fully saturated rings. The minimum atomic E-state index is -3.37. The molecule has 4 rings (SSSR count). The molecule has 0 atom stereocenters. The van der Waals surface area contributed by atoms with Crippen molar-refractivity contribution in [2.24, 2.45) is 0 Å². The van der Waals surface area contributed by atoms with Crippen molar-refractivity contribution in [2.75, 3.05) is 4.72 Å². The van der Waals surface area contributed by atoms with Crippen molar-refractivity contribution in [3.05, 3.63) is 53.9 Å². The summed E-state index contributed by atoms with van der Waals surface area (Å²) in [5.41, 5.74) is 2.81. The van der Waals surface area contributed by atoms with Crippen LogP contribution in [0.15, 0.2) is 53.9 Å². The van der Waals surface area contributed by atoms with Gasteiger partial charge in [0.05, 0.1) is 15.8 Å². The highest BCUT2D eigenvalue weighted by Crippen LogP contribution is 2.25. The van der Waals surface area contributed by atoms with Crippen LogP contribution in [-0.2, 0) is 10.0 Å². The number of nitrogens with zero attached hydrogens (tertiary/aromatic N) is 4. The van der Waals surface area contributed by atoms with Crippen LogP contribution in [0.4, 0.5) is 5.69 Å². The standard InChI is InChI=1S/C18H17N5O2S2/c1-12(2)27(24,25)22-14-7-5-13(6-8-14)15-9-10-17-19-20-18(23(17)21-15)16-4-3-11-26-16/h3-12,22H,1-2H3. The predicted octanol–water partition coefficient (Wildman–Crippen LogP) is 3.67. The molecule has 0 aliphatic heterocycles. The van der Waals surface area contributed by atoms with Gasteiger partial charge < -0.3 is 0 Å². The largest absolute Gasteiger partial charge is 0.283 e. The number of hydrogen-bond donors (Lipinski definition) is 1. The van der Waals surface area contributed by atoms with Gasteiger partial charge >= 0.3 is 0 Å². The van der Waals surface area contributed by atoms with Crippen LogP contribution in [0.3, 0.4) is 0 Å². The number of nitrogens with one attached hydrogen (secondary N) is 1. The molecule has 9 heteroatoms. The molecule has 3 heterocycles. The van der Waals surface area contributed by atoms with Gasteiger partial charge in [-0.25, -0.2) is 8.42 Å². The first kappa shape index (κ1) is 17.6. The molecule has 3 aromatic heterocycles. The van der Waals surface area contributed by atoms with Crippen LogP contribution < -0.4 is 4.72 Å². The molecule has 1 aromatic carbocycles. The van der Waals surface area contributed by atoms with E-state index in [-0.39, 0.29) is 0 Å². The third-order valence-electron chi connectivity index (χ3n) is 4.07. The Morgan fingerprint density at radius 1 is 1.04 bits per heavy atom. The van der Waals surface area contributed by atoms with Crippen molar-refractivity contribution >= 4 is 32.7 Å². The molecular formula is C18H17N5O2S2. The molecule has 138 valence electrons. The molecule has 0 saturated carbocycles. The molecule has 0 bridgehead atoms. The van der Waals surface area contributed by atoms with Crippen molar-refractivity contribution in [3.8, 4) is 22.0 Å². The molecule has 7 nitrogen and oxygen atoms in total. The monoisotopic (exact) mass is 399 g/mol. The molecular weight excluding hydrogens is 382 g/mol. The second kappa shape index (κ2) is 6.75. The van der Waals surface area contributed by atoms with Gasteiger partial charge in [-0.3, -0.25) is 4.72 Å². The normalized spacial score (nSPS) is 12.0. The van der Waals surface area contributed by atoms with E-state index in [9.17, 15) is 8.42 Å². The minimum Gasteiger partial charge on any atom is -0.283 e. The Hall–Kier alpha value is -2.78. The van der Waals surface area contributed by atoms with Gasteiger partial charge in [0, 0.05) is 11.3 Å². The number of sulfonamides is 1. The van der Waals surface area contributed by atoms with E-state index in [1.54, 1.807) is 41.8 Å². The Labute approximate surface area is 160 Å². The average Bonchev–Trinajstić information content (AvgIpc) is 3.30. The highest BCUT2D eigenvalue weighted by molar-refractivity contribution is 7.93. The van der Waals surface area contributed by atoms with E-state index in [1.165, 1.54) is 0 Å². The summed E-state index contributed by atoms with van der Waals surface area (Å²) in [4.78, 5) is 0.991. The molecule has 0 aliphatic carbocycles. The molecule has 0 radical (unpaired) electrons. The predicted molar refractivity (Wildman–Crippen MR) is 107 cm³/mol. The summed E-state index contributed by atoms with van der Waals surface area (Å²) in [6.45, 7) is 3.28. The number of thiophene rings is 1. The average molecular weight is 400 g/mol. The lowest BCUT2D eigenvalue weighted by molar-refractivity contribution is 0.593. The van der Waals surface area contributed by atoms with E-state index in [0.29, 0.717) is 17.2 Å². The summed E-state index contributed by atoms with van der Waals surface area (Å²) < 4.78 is 28.3. The summed E-state index contributed by atoms with van der Waals surface area (Å²) in [5, 5.41) is 14.5. The molecule has 1 N–H and O–H groups in total. The van der Waals surface area contributed by atoms with Crippen molar-refractivity contribution in [3.63, 3.8) is 0 Å². The third-order valence-corrected chi connectivity index (χ3v) is 6.69. The van der Waals surface area contributed by atoms with Gasteiger partial charge in [-0.2, -0.15) is 9.61 Å². The number of aromatic nitrogens is 4. The smallest absolute Gasteiger partial charge is 0.235 e. The molecule has 0 unspecified atom stereocenters. The van der Waals surface area contributed by atoms with Crippen LogP contribution in [0.25, 0.3) is 27.6 Å². The summed E-state index contributed by atoms with van der Waals surface area (Å²) >= 11 is 1.58. The van der Waals surface area contributed by atoms with Gasteiger partial charge in [0.15, 0.2) is 11.5 Å². The number of rotatable bonds is 5. The quantitative estimate of drug-likeness (QED) is 0.553. The Bertz CT molecular complexity index is 1180. The maximum Gasteiger partial charge on any atom is 0.235 e.